The molecule has 1 aromatic rings. The van der Waals surface area contributed by atoms with E-state index in [4.69, 9.17) is 5.73 Å². The van der Waals surface area contributed by atoms with E-state index in [1.807, 2.05) is 6.07 Å². The highest BCUT2D eigenvalue weighted by Crippen LogP contribution is 2.30. The van der Waals surface area contributed by atoms with E-state index in [2.05, 4.69) is 46.8 Å². The van der Waals surface area contributed by atoms with Gasteiger partial charge in [0.25, 0.3) is 0 Å². The molecule has 0 unspecified atom stereocenters. The Hall–Kier alpha value is -0.540. The zero-order chi connectivity index (χ0) is 13.2. The van der Waals surface area contributed by atoms with Gasteiger partial charge in [0.1, 0.15) is 0 Å². The molecule has 2 N–H and O–H groups in total. The van der Waals surface area contributed by atoms with Gasteiger partial charge in [-0.15, -0.1) is 0 Å². The molecular formula is C15H23BrN2. The molecule has 18 heavy (non-hydrogen) atoms. The van der Waals surface area contributed by atoms with Crippen LogP contribution in [0.25, 0.3) is 0 Å². The number of nitrogens with two attached hydrogens (primary N) is 1. The fourth-order valence-electron chi connectivity index (χ4n) is 2.59. The van der Waals surface area contributed by atoms with E-state index in [1.54, 1.807) is 0 Å². The number of benzene rings is 1. The molecule has 1 aromatic carbocycles. The minimum atomic E-state index is 0.507. The lowest BCUT2D eigenvalue weighted by Crippen LogP contribution is -2.25. The van der Waals surface area contributed by atoms with Crippen LogP contribution in [0.1, 0.15) is 38.7 Å². The number of likely N-dealkylation sites (tertiary alicyclic amines) is 1. The van der Waals surface area contributed by atoms with Crippen LogP contribution in [-0.4, -0.2) is 18.0 Å². The molecule has 0 radical (unpaired) electrons. The summed E-state index contributed by atoms with van der Waals surface area (Å²) in [5.74, 6) is 0. The maximum atomic E-state index is 5.93. The Kier molecular flexibility index (Phi) is 4.33. The van der Waals surface area contributed by atoms with Crippen LogP contribution in [0, 0.1) is 5.41 Å². The second kappa shape index (κ2) is 5.62. The van der Waals surface area contributed by atoms with Gasteiger partial charge in [0.15, 0.2) is 0 Å². The van der Waals surface area contributed by atoms with Crippen LogP contribution in [-0.2, 0) is 6.54 Å². The highest BCUT2D eigenvalue weighted by Gasteiger charge is 2.22. The first kappa shape index (κ1) is 13.9. The monoisotopic (exact) mass is 310 g/mol. The molecular weight excluding hydrogens is 288 g/mol. The molecule has 100 valence electrons. The smallest absolute Gasteiger partial charge is 0.0461 e. The Morgan fingerprint density at radius 2 is 2.06 bits per heavy atom. The molecule has 1 saturated heterocycles. The van der Waals surface area contributed by atoms with Crippen molar-refractivity contribution in [3.63, 3.8) is 0 Å². The van der Waals surface area contributed by atoms with E-state index >= 15 is 0 Å². The number of hydrogen-bond donors (Lipinski definition) is 1. The van der Waals surface area contributed by atoms with Crippen LogP contribution < -0.4 is 5.73 Å². The van der Waals surface area contributed by atoms with Crippen molar-refractivity contribution in [1.82, 2.24) is 4.90 Å². The molecule has 0 aliphatic carbocycles. The van der Waals surface area contributed by atoms with E-state index < -0.39 is 0 Å². The van der Waals surface area contributed by atoms with Crippen LogP contribution >= 0.6 is 15.9 Å². The normalized spacial score (nSPS) is 20.6. The summed E-state index contributed by atoms with van der Waals surface area (Å²) >= 11 is 3.44. The molecule has 0 aromatic heterocycles. The van der Waals surface area contributed by atoms with Crippen molar-refractivity contribution in [2.24, 2.45) is 5.41 Å². The number of halogens is 1. The number of nitrogen functional groups attached to an aromatic ring is 1. The summed E-state index contributed by atoms with van der Waals surface area (Å²) in [4.78, 5) is 2.55. The average Bonchev–Trinajstić information content (AvgIpc) is 2.46. The molecule has 1 aliphatic heterocycles. The predicted molar refractivity (Wildman–Crippen MR) is 81.5 cm³/mol. The van der Waals surface area contributed by atoms with Gasteiger partial charge in [0.2, 0.25) is 0 Å². The molecule has 0 saturated carbocycles. The number of hydrogen-bond acceptors (Lipinski definition) is 2. The Morgan fingerprint density at radius 1 is 1.28 bits per heavy atom. The molecule has 0 spiro atoms. The minimum absolute atomic E-state index is 0.507. The third kappa shape index (κ3) is 3.72. The molecule has 0 bridgehead atoms. The highest BCUT2D eigenvalue weighted by atomic mass is 79.9. The van der Waals surface area contributed by atoms with Crippen molar-refractivity contribution in [3.8, 4) is 0 Å². The fourth-order valence-corrected chi connectivity index (χ4v) is 2.83. The average molecular weight is 311 g/mol. The molecule has 2 nitrogen and oxygen atoms in total. The van der Waals surface area contributed by atoms with E-state index in [1.165, 1.54) is 37.9 Å². The largest absolute Gasteiger partial charge is 0.398 e. The van der Waals surface area contributed by atoms with Gasteiger partial charge in [-0.3, -0.25) is 4.90 Å². The van der Waals surface area contributed by atoms with Crippen LogP contribution in [0.4, 0.5) is 5.69 Å². The summed E-state index contributed by atoms with van der Waals surface area (Å²) < 4.78 is 0.989. The lowest BCUT2D eigenvalue weighted by molar-refractivity contribution is 0.256. The summed E-state index contributed by atoms with van der Waals surface area (Å²) in [6, 6.07) is 6.29. The van der Waals surface area contributed by atoms with Gasteiger partial charge >= 0.3 is 0 Å². The number of rotatable bonds is 2. The highest BCUT2D eigenvalue weighted by molar-refractivity contribution is 9.10. The summed E-state index contributed by atoms with van der Waals surface area (Å²) in [6.07, 6.45) is 3.93. The molecule has 1 fully saturated rings. The molecule has 2 rings (SSSR count). The standard InChI is InChI=1S/C15H23BrN2/c1-15(2)6-3-8-18(9-7-15)11-12-4-5-13(16)14(17)10-12/h4-5,10H,3,6-9,11,17H2,1-2H3. The topological polar surface area (TPSA) is 29.3 Å². The van der Waals surface area contributed by atoms with Crippen LogP contribution in [0.15, 0.2) is 22.7 Å². The minimum Gasteiger partial charge on any atom is -0.398 e. The SMILES string of the molecule is CC1(C)CCCN(Cc2ccc(Br)c(N)c2)CC1. The maximum absolute atomic E-state index is 5.93. The van der Waals surface area contributed by atoms with Crippen LogP contribution in [0.3, 0.4) is 0 Å². The summed E-state index contributed by atoms with van der Waals surface area (Å²) in [7, 11) is 0. The van der Waals surface area contributed by atoms with Crippen molar-refractivity contribution in [1.29, 1.82) is 0 Å². The van der Waals surface area contributed by atoms with Crippen molar-refractivity contribution < 1.29 is 0 Å². The van der Waals surface area contributed by atoms with Crippen molar-refractivity contribution in [2.75, 3.05) is 18.8 Å². The molecule has 1 aliphatic rings. The zero-order valence-electron chi connectivity index (χ0n) is 11.4. The van der Waals surface area contributed by atoms with E-state index in [0.717, 1.165) is 16.7 Å². The molecule has 0 amide bonds. The Morgan fingerprint density at radius 3 is 2.78 bits per heavy atom. The van der Waals surface area contributed by atoms with Gasteiger partial charge < -0.3 is 5.73 Å². The summed E-state index contributed by atoms with van der Waals surface area (Å²) in [5, 5.41) is 0. The Bertz CT molecular complexity index is 415. The van der Waals surface area contributed by atoms with E-state index in [9.17, 15) is 0 Å². The van der Waals surface area contributed by atoms with Crippen molar-refractivity contribution in [2.45, 2.75) is 39.7 Å². The quantitative estimate of drug-likeness (QED) is 0.835. The first-order valence-electron chi connectivity index (χ1n) is 6.73. The zero-order valence-corrected chi connectivity index (χ0v) is 13.0. The van der Waals surface area contributed by atoms with E-state index in [-0.39, 0.29) is 0 Å². The van der Waals surface area contributed by atoms with Gasteiger partial charge in [0, 0.05) is 16.7 Å². The lowest BCUT2D eigenvalue weighted by atomic mass is 9.85. The van der Waals surface area contributed by atoms with Gasteiger partial charge in [-0.05, 0) is 71.4 Å². The molecule has 3 heteroatoms. The van der Waals surface area contributed by atoms with Gasteiger partial charge in [0.05, 0.1) is 0 Å². The maximum Gasteiger partial charge on any atom is 0.0461 e. The second-order valence-electron chi connectivity index (χ2n) is 6.15. The molecule has 0 atom stereocenters. The van der Waals surface area contributed by atoms with Gasteiger partial charge in [-0.25, -0.2) is 0 Å². The second-order valence-corrected chi connectivity index (χ2v) is 7.00. The van der Waals surface area contributed by atoms with Gasteiger partial charge in [-0.1, -0.05) is 19.9 Å². The third-order valence-corrected chi connectivity index (χ3v) is 4.62. The van der Waals surface area contributed by atoms with E-state index in [0.29, 0.717) is 5.41 Å². The number of nitrogens with zero attached hydrogens (tertiary/aromatic N) is 1. The molecule has 1 heterocycles. The summed E-state index contributed by atoms with van der Waals surface area (Å²) in [5.41, 5.74) is 8.59. The Labute approximate surface area is 119 Å². The van der Waals surface area contributed by atoms with Crippen molar-refractivity contribution >= 4 is 21.6 Å². The lowest BCUT2D eigenvalue weighted by Gasteiger charge is -2.23. The van der Waals surface area contributed by atoms with Crippen LogP contribution in [0.2, 0.25) is 0 Å². The van der Waals surface area contributed by atoms with Gasteiger partial charge in [-0.2, -0.15) is 0 Å². The third-order valence-electron chi connectivity index (χ3n) is 3.90. The number of anilines is 1. The summed E-state index contributed by atoms with van der Waals surface area (Å²) in [6.45, 7) is 8.19. The van der Waals surface area contributed by atoms with Crippen molar-refractivity contribution in [3.05, 3.63) is 28.2 Å². The fraction of sp³-hybridized carbons (Fsp3) is 0.600. The predicted octanol–water partition coefficient (Wildman–Crippen LogP) is 4.04. The Balaban J connectivity index is 1.98. The van der Waals surface area contributed by atoms with Crippen LogP contribution in [0.5, 0.6) is 0 Å². The first-order valence-corrected chi connectivity index (χ1v) is 7.52. The first-order chi connectivity index (χ1) is 8.46.